The maximum atomic E-state index is 13.1. The van der Waals surface area contributed by atoms with Gasteiger partial charge in [0.1, 0.15) is 0 Å². The molecule has 7 heteroatoms. The quantitative estimate of drug-likeness (QED) is 0.780. The van der Waals surface area contributed by atoms with Crippen LogP contribution in [0.4, 0.5) is 0 Å². The third-order valence-electron chi connectivity index (χ3n) is 6.78. The standard InChI is InChI=1S/C22H35N3O3S/c1-17-10-11-18(2)21(16-17)29(27,28)25-14-12-24(13-15-25)19(3)22(26)23(4)20-8-6-5-7-9-20/h10-11,16,19-20H,5-9,12-15H2,1-4H3/p+1/t19-/m1/s1. The van der Waals surface area contributed by atoms with Crippen molar-refractivity contribution in [1.82, 2.24) is 9.21 Å². The summed E-state index contributed by atoms with van der Waals surface area (Å²) in [5.41, 5.74) is 1.73. The Morgan fingerprint density at radius 3 is 2.38 bits per heavy atom. The van der Waals surface area contributed by atoms with Crippen LogP contribution in [0.5, 0.6) is 0 Å². The van der Waals surface area contributed by atoms with E-state index in [9.17, 15) is 13.2 Å². The van der Waals surface area contributed by atoms with Crippen LogP contribution in [-0.2, 0) is 14.8 Å². The predicted molar refractivity (Wildman–Crippen MR) is 114 cm³/mol. The molecule has 1 heterocycles. The van der Waals surface area contributed by atoms with E-state index in [1.54, 1.807) is 10.4 Å². The molecule has 29 heavy (non-hydrogen) atoms. The van der Waals surface area contributed by atoms with Crippen LogP contribution < -0.4 is 4.90 Å². The highest BCUT2D eigenvalue weighted by atomic mass is 32.2. The zero-order valence-electron chi connectivity index (χ0n) is 18.3. The normalized spacial score (nSPS) is 21.1. The van der Waals surface area contributed by atoms with Crippen molar-refractivity contribution in [2.24, 2.45) is 0 Å². The lowest BCUT2D eigenvalue weighted by Gasteiger charge is -2.37. The number of hydrogen-bond donors (Lipinski definition) is 1. The lowest BCUT2D eigenvalue weighted by atomic mass is 9.94. The summed E-state index contributed by atoms with van der Waals surface area (Å²) in [6.45, 7) is 7.98. The highest BCUT2D eigenvalue weighted by Gasteiger charge is 2.37. The first-order valence-electron chi connectivity index (χ1n) is 10.9. The largest absolute Gasteiger partial charge is 0.338 e. The minimum absolute atomic E-state index is 0.132. The Bertz CT molecular complexity index is 826. The van der Waals surface area contributed by atoms with Gasteiger partial charge in [-0.2, -0.15) is 4.31 Å². The van der Waals surface area contributed by atoms with Crippen molar-refractivity contribution in [1.29, 1.82) is 0 Å². The third-order valence-corrected chi connectivity index (χ3v) is 8.82. The molecular formula is C22H36N3O3S+. The number of carbonyl (C=O) groups is 1. The van der Waals surface area contributed by atoms with E-state index in [-0.39, 0.29) is 11.9 Å². The summed E-state index contributed by atoms with van der Waals surface area (Å²) in [5.74, 6) is 0.192. The molecule has 2 fully saturated rings. The molecule has 1 aliphatic carbocycles. The van der Waals surface area contributed by atoms with Gasteiger partial charge >= 0.3 is 0 Å². The van der Waals surface area contributed by atoms with Crippen LogP contribution in [-0.4, -0.2) is 68.8 Å². The molecule has 2 aliphatic rings. The van der Waals surface area contributed by atoms with E-state index >= 15 is 0 Å². The van der Waals surface area contributed by atoms with Gasteiger partial charge < -0.3 is 9.80 Å². The fourth-order valence-corrected chi connectivity index (χ4v) is 6.45. The molecule has 1 amide bonds. The lowest BCUT2D eigenvalue weighted by molar-refractivity contribution is -0.918. The van der Waals surface area contributed by atoms with Crippen LogP contribution in [0.2, 0.25) is 0 Å². The summed E-state index contributed by atoms with van der Waals surface area (Å²) >= 11 is 0. The average Bonchev–Trinajstić information content (AvgIpc) is 2.74. The second kappa shape index (κ2) is 9.14. The zero-order chi connectivity index (χ0) is 21.2. The number of quaternary nitrogens is 1. The Hall–Kier alpha value is -1.44. The number of amides is 1. The third kappa shape index (κ3) is 4.84. The first kappa shape index (κ1) is 22.2. The second-order valence-electron chi connectivity index (χ2n) is 8.79. The highest BCUT2D eigenvalue weighted by Crippen LogP contribution is 2.23. The van der Waals surface area contributed by atoms with Gasteiger partial charge in [-0.3, -0.25) is 4.79 Å². The molecule has 1 saturated heterocycles. The number of sulfonamides is 1. The monoisotopic (exact) mass is 422 g/mol. The number of piperazine rings is 1. The molecule has 0 aromatic heterocycles. The molecule has 1 saturated carbocycles. The SMILES string of the molecule is Cc1ccc(C)c(S(=O)(=O)N2CC[NH+]([C@H](C)C(=O)N(C)C3CCCCC3)CC2)c1. The predicted octanol–water partition coefficient (Wildman–Crippen LogP) is 1.37. The maximum absolute atomic E-state index is 13.1. The molecule has 1 aromatic rings. The minimum Gasteiger partial charge on any atom is -0.338 e. The van der Waals surface area contributed by atoms with Crippen molar-refractivity contribution in [2.45, 2.75) is 69.9 Å². The molecule has 6 nitrogen and oxygen atoms in total. The number of rotatable bonds is 5. The van der Waals surface area contributed by atoms with E-state index < -0.39 is 10.0 Å². The number of likely N-dealkylation sites (N-methyl/N-ethyl adjacent to an activating group) is 1. The van der Waals surface area contributed by atoms with E-state index in [0.717, 1.165) is 24.0 Å². The van der Waals surface area contributed by atoms with E-state index in [0.29, 0.717) is 37.1 Å². The zero-order valence-corrected chi connectivity index (χ0v) is 19.1. The van der Waals surface area contributed by atoms with Crippen molar-refractivity contribution >= 4 is 15.9 Å². The van der Waals surface area contributed by atoms with Crippen molar-refractivity contribution in [3.05, 3.63) is 29.3 Å². The molecule has 162 valence electrons. The van der Waals surface area contributed by atoms with Crippen molar-refractivity contribution in [3.63, 3.8) is 0 Å². The summed E-state index contributed by atoms with van der Waals surface area (Å²) in [7, 11) is -1.55. The minimum atomic E-state index is -3.49. The fourth-order valence-electron chi connectivity index (χ4n) is 4.70. The van der Waals surface area contributed by atoms with Crippen LogP contribution in [0.25, 0.3) is 0 Å². The van der Waals surface area contributed by atoms with E-state index in [4.69, 9.17) is 0 Å². The van der Waals surface area contributed by atoms with Gasteiger partial charge in [0.2, 0.25) is 10.0 Å². The number of nitrogens with zero attached hydrogens (tertiary/aromatic N) is 2. The Balaban J connectivity index is 1.62. The van der Waals surface area contributed by atoms with Gasteiger partial charge in [0, 0.05) is 13.1 Å². The number of carbonyl (C=O) groups excluding carboxylic acids is 1. The van der Waals surface area contributed by atoms with E-state index in [1.807, 2.05) is 44.9 Å². The number of nitrogens with one attached hydrogen (secondary N) is 1. The molecule has 1 atom stereocenters. The van der Waals surface area contributed by atoms with Crippen LogP contribution in [0, 0.1) is 13.8 Å². The molecule has 0 unspecified atom stereocenters. The molecule has 0 bridgehead atoms. The Morgan fingerprint density at radius 1 is 1.14 bits per heavy atom. The summed E-state index contributed by atoms with van der Waals surface area (Å²) in [6, 6.07) is 5.80. The van der Waals surface area contributed by atoms with Crippen molar-refractivity contribution in [3.8, 4) is 0 Å². The topological polar surface area (TPSA) is 62.1 Å². The van der Waals surface area contributed by atoms with Crippen molar-refractivity contribution < 1.29 is 18.1 Å². The molecular weight excluding hydrogens is 386 g/mol. The maximum Gasteiger partial charge on any atom is 0.280 e. The highest BCUT2D eigenvalue weighted by molar-refractivity contribution is 7.89. The second-order valence-corrected chi connectivity index (χ2v) is 10.7. The van der Waals surface area contributed by atoms with Gasteiger partial charge in [-0.25, -0.2) is 8.42 Å². The van der Waals surface area contributed by atoms with Crippen molar-refractivity contribution in [2.75, 3.05) is 33.2 Å². The molecule has 0 radical (unpaired) electrons. The van der Waals surface area contributed by atoms with Gasteiger partial charge in [0.05, 0.1) is 31.1 Å². The first-order valence-corrected chi connectivity index (χ1v) is 12.3. The van der Waals surface area contributed by atoms with Gasteiger partial charge in [-0.1, -0.05) is 31.4 Å². The smallest absolute Gasteiger partial charge is 0.280 e. The van der Waals surface area contributed by atoms with Gasteiger partial charge in [0.15, 0.2) is 6.04 Å². The van der Waals surface area contributed by atoms with E-state index in [1.165, 1.54) is 24.2 Å². The van der Waals surface area contributed by atoms with Crippen LogP contribution in [0.15, 0.2) is 23.1 Å². The number of aryl methyl sites for hydroxylation is 2. The summed E-state index contributed by atoms with van der Waals surface area (Å²) in [4.78, 5) is 16.5. The number of benzene rings is 1. The van der Waals surface area contributed by atoms with Gasteiger partial charge in [0.25, 0.3) is 5.91 Å². The fraction of sp³-hybridized carbons (Fsp3) is 0.682. The van der Waals surface area contributed by atoms with Gasteiger partial charge in [-0.05, 0) is 50.8 Å². The molecule has 1 aliphatic heterocycles. The molecule has 1 aromatic carbocycles. The lowest BCUT2D eigenvalue weighted by Crippen LogP contribution is -3.19. The molecule has 0 spiro atoms. The Labute approximate surface area is 175 Å². The molecule has 1 N–H and O–H groups in total. The number of hydrogen-bond acceptors (Lipinski definition) is 3. The average molecular weight is 423 g/mol. The van der Waals surface area contributed by atoms with Gasteiger partial charge in [-0.15, -0.1) is 0 Å². The van der Waals surface area contributed by atoms with Crippen LogP contribution in [0.3, 0.4) is 0 Å². The Morgan fingerprint density at radius 2 is 1.76 bits per heavy atom. The Kier molecular flexibility index (Phi) is 7.02. The summed E-state index contributed by atoms with van der Waals surface area (Å²) in [6.07, 6.45) is 5.89. The van der Waals surface area contributed by atoms with Crippen LogP contribution >= 0.6 is 0 Å². The first-order chi connectivity index (χ1) is 13.7. The molecule has 3 rings (SSSR count). The summed E-state index contributed by atoms with van der Waals surface area (Å²) < 4.78 is 27.8. The van der Waals surface area contributed by atoms with Crippen LogP contribution in [0.1, 0.15) is 50.2 Å². The summed E-state index contributed by atoms with van der Waals surface area (Å²) in [5, 5.41) is 0. The van der Waals surface area contributed by atoms with E-state index in [2.05, 4.69) is 0 Å².